The normalized spacial score (nSPS) is 14.6. The molecule has 1 aliphatic rings. The minimum atomic E-state index is -1.60. The molecule has 0 aromatic heterocycles. The minimum Gasteiger partial charge on any atom is -0.504 e. The Morgan fingerprint density at radius 1 is 1.20 bits per heavy atom. The molecule has 4 nitrogen and oxygen atoms in total. The van der Waals surface area contributed by atoms with Crippen LogP contribution in [0.2, 0.25) is 0 Å². The molecule has 0 amide bonds. The molecule has 0 aromatic carbocycles. The summed E-state index contributed by atoms with van der Waals surface area (Å²) in [7, 11) is 0. The molecule has 10 heavy (non-hydrogen) atoms. The molecule has 1 saturated carbocycles. The van der Waals surface area contributed by atoms with Gasteiger partial charge in [0.2, 0.25) is 0 Å². The van der Waals surface area contributed by atoms with Gasteiger partial charge >= 0.3 is 11.8 Å². The Morgan fingerprint density at radius 2 is 1.70 bits per heavy atom. The fourth-order valence-electron chi connectivity index (χ4n) is 0.561. The zero-order valence-corrected chi connectivity index (χ0v) is 5.13. The van der Waals surface area contributed by atoms with Crippen LogP contribution in [0.15, 0.2) is 11.3 Å². The summed E-state index contributed by atoms with van der Waals surface area (Å²) >= 11 is 0. The summed E-state index contributed by atoms with van der Waals surface area (Å²) in [5.74, 6) is -3.38. The lowest BCUT2D eigenvalue weighted by Gasteiger charge is -1.89. The predicted octanol–water partition coefficient (Wildman–Crippen LogP) is 0.246. The number of aliphatic hydroxyl groups excluding tert-OH is 1. The first kappa shape index (κ1) is 6.80. The Kier molecular flexibility index (Phi) is 1.45. The number of carboxylic acid groups (broad SMARTS) is 1. The van der Waals surface area contributed by atoms with Crippen LogP contribution in [-0.4, -0.2) is 22.0 Å². The number of ketones is 1. The van der Waals surface area contributed by atoms with Crippen LogP contribution in [0.5, 0.6) is 0 Å². The van der Waals surface area contributed by atoms with Gasteiger partial charge in [-0.25, -0.2) is 4.79 Å². The Bertz CT molecular complexity index is 220. The van der Waals surface area contributed by atoms with Gasteiger partial charge in [0.25, 0.3) is 0 Å². The summed E-state index contributed by atoms with van der Waals surface area (Å²) in [5.41, 5.74) is 0.549. The van der Waals surface area contributed by atoms with Crippen LogP contribution >= 0.6 is 0 Å². The average molecular weight is 142 g/mol. The number of allylic oxidation sites excluding steroid dienone is 1. The van der Waals surface area contributed by atoms with E-state index < -0.39 is 17.5 Å². The van der Waals surface area contributed by atoms with Gasteiger partial charge < -0.3 is 10.2 Å². The topological polar surface area (TPSA) is 74.6 Å². The number of Topliss-reactive ketones (excluding diaryl/α,β-unsaturated/α-hetero) is 1. The molecule has 2 N–H and O–H groups in total. The second-order valence-corrected chi connectivity index (χ2v) is 2.09. The fourth-order valence-corrected chi connectivity index (χ4v) is 0.561. The highest BCUT2D eigenvalue weighted by molar-refractivity contribution is 6.39. The Hall–Kier alpha value is -1.32. The maximum absolute atomic E-state index is 10.4. The Labute approximate surface area is 56.8 Å². The van der Waals surface area contributed by atoms with Crippen molar-refractivity contribution in [3.05, 3.63) is 11.3 Å². The van der Waals surface area contributed by atoms with Crippen LogP contribution in [0.3, 0.4) is 0 Å². The molecular formula is C6H6O4. The van der Waals surface area contributed by atoms with E-state index >= 15 is 0 Å². The van der Waals surface area contributed by atoms with Crippen LogP contribution in [0.1, 0.15) is 12.8 Å². The third-order valence-corrected chi connectivity index (χ3v) is 1.24. The lowest BCUT2D eigenvalue weighted by Crippen LogP contribution is -2.14. The third kappa shape index (κ3) is 1.15. The third-order valence-electron chi connectivity index (χ3n) is 1.24. The van der Waals surface area contributed by atoms with Crippen molar-refractivity contribution in [2.45, 2.75) is 12.8 Å². The number of carboxylic acids is 1. The monoisotopic (exact) mass is 142 g/mol. The van der Waals surface area contributed by atoms with Gasteiger partial charge in [0.15, 0.2) is 5.76 Å². The molecule has 0 spiro atoms. The summed E-state index contributed by atoms with van der Waals surface area (Å²) < 4.78 is 0. The molecule has 0 aromatic rings. The van der Waals surface area contributed by atoms with Crippen molar-refractivity contribution in [3.8, 4) is 0 Å². The molecule has 0 bridgehead atoms. The molecular weight excluding hydrogens is 136 g/mol. The zero-order valence-electron chi connectivity index (χ0n) is 5.13. The second kappa shape index (κ2) is 2.13. The first-order valence-electron chi connectivity index (χ1n) is 2.81. The summed E-state index contributed by atoms with van der Waals surface area (Å²) in [5, 5.41) is 16.9. The minimum absolute atomic E-state index is 0.549. The van der Waals surface area contributed by atoms with Crippen molar-refractivity contribution in [2.24, 2.45) is 0 Å². The molecule has 1 aliphatic carbocycles. The summed E-state index contributed by atoms with van der Waals surface area (Å²) in [4.78, 5) is 20.3. The van der Waals surface area contributed by atoms with Crippen molar-refractivity contribution in [3.63, 3.8) is 0 Å². The van der Waals surface area contributed by atoms with Crippen molar-refractivity contribution in [1.82, 2.24) is 0 Å². The molecule has 1 rings (SSSR count). The van der Waals surface area contributed by atoms with Gasteiger partial charge in [-0.05, 0) is 18.4 Å². The van der Waals surface area contributed by atoms with E-state index in [2.05, 4.69) is 0 Å². The van der Waals surface area contributed by atoms with E-state index in [4.69, 9.17) is 10.2 Å². The van der Waals surface area contributed by atoms with Gasteiger partial charge in [-0.1, -0.05) is 0 Å². The van der Waals surface area contributed by atoms with E-state index in [1.807, 2.05) is 0 Å². The van der Waals surface area contributed by atoms with Crippen LogP contribution in [-0.2, 0) is 9.59 Å². The Balaban J connectivity index is 2.75. The molecule has 0 heterocycles. The number of aliphatic carboxylic acids is 1. The fraction of sp³-hybridized carbons (Fsp3) is 0.333. The van der Waals surface area contributed by atoms with Gasteiger partial charge in [0, 0.05) is 0 Å². The van der Waals surface area contributed by atoms with E-state index in [-0.39, 0.29) is 0 Å². The maximum Gasteiger partial charge on any atom is 0.380 e. The Morgan fingerprint density at radius 3 is 2.00 bits per heavy atom. The smallest absolute Gasteiger partial charge is 0.380 e. The van der Waals surface area contributed by atoms with Crippen molar-refractivity contribution >= 4 is 11.8 Å². The van der Waals surface area contributed by atoms with Crippen LogP contribution < -0.4 is 0 Å². The molecule has 0 aliphatic heterocycles. The first-order valence-corrected chi connectivity index (χ1v) is 2.81. The van der Waals surface area contributed by atoms with Crippen LogP contribution in [0.25, 0.3) is 0 Å². The highest BCUT2D eigenvalue weighted by atomic mass is 16.4. The van der Waals surface area contributed by atoms with Gasteiger partial charge in [-0.3, -0.25) is 4.79 Å². The lowest BCUT2D eigenvalue weighted by molar-refractivity contribution is -0.148. The average Bonchev–Trinajstić information content (AvgIpc) is 2.65. The number of rotatable bonds is 2. The molecule has 54 valence electrons. The van der Waals surface area contributed by atoms with E-state index in [1.54, 1.807) is 0 Å². The molecule has 0 saturated heterocycles. The van der Waals surface area contributed by atoms with E-state index in [9.17, 15) is 9.59 Å². The highest BCUT2D eigenvalue weighted by Crippen LogP contribution is 2.30. The second-order valence-electron chi connectivity index (χ2n) is 2.09. The number of carbonyl (C=O) groups is 2. The molecule has 1 fully saturated rings. The van der Waals surface area contributed by atoms with E-state index in [1.165, 1.54) is 0 Å². The van der Waals surface area contributed by atoms with Crippen molar-refractivity contribution in [1.29, 1.82) is 0 Å². The van der Waals surface area contributed by atoms with Gasteiger partial charge in [0.1, 0.15) is 0 Å². The maximum atomic E-state index is 10.4. The quantitative estimate of drug-likeness (QED) is 0.329. The van der Waals surface area contributed by atoms with Gasteiger partial charge in [-0.15, -0.1) is 0 Å². The molecule has 0 atom stereocenters. The number of hydrogen-bond acceptors (Lipinski definition) is 3. The van der Waals surface area contributed by atoms with Crippen LogP contribution in [0.4, 0.5) is 0 Å². The van der Waals surface area contributed by atoms with Crippen molar-refractivity contribution in [2.75, 3.05) is 0 Å². The zero-order chi connectivity index (χ0) is 7.72. The molecule has 4 heteroatoms. The largest absolute Gasteiger partial charge is 0.504 e. The number of aliphatic hydroxyl groups is 1. The molecule has 0 unspecified atom stereocenters. The SMILES string of the molecule is O=C(O)C(=O)C(O)=C1CC1. The van der Waals surface area contributed by atoms with Gasteiger partial charge in [-0.2, -0.15) is 0 Å². The number of hydrogen-bond donors (Lipinski definition) is 2. The number of carbonyl (C=O) groups excluding carboxylic acids is 1. The highest BCUT2D eigenvalue weighted by Gasteiger charge is 2.26. The van der Waals surface area contributed by atoms with Gasteiger partial charge in [0.05, 0.1) is 0 Å². The van der Waals surface area contributed by atoms with E-state index in [0.29, 0.717) is 18.4 Å². The van der Waals surface area contributed by atoms with Crippen molar-refractivity contribution < 1.29 is 19.8 Å². The summed E-state index contributed by atoms with van der Waals surface area (Å²) in [6.45, 7) is 0. The van der Waals surface area contributed by atoms with E-state index in [0.717, 1.165) is 0 Å². The first-order chi connectivity index (χ1) is 4.63. The van der Waals surface area contributed by atoms with Crippen LogP contribution in [0, 0.1) is 0 Å². The standard InChI is InChI=1S/C6H6O4/c7-4(3-1-2-3)5(8)6(9)10/h7H,1-2H2,(H,9,10). The summed E-state index contributed by atoms with van der Waals surface area (Å²) in [6.07, 6.45) is 1.29. The molecule has 0 radical (unpaired) electrons. The predicted molar refractivity (Wildman–Crippen MR) is 31.5 cm³/mol. The summed E-state index contributed by atoms with van der Waals surface area (Å²) in [6, 6.07) is 0. The lowest BCUT2D eigenvalue weighted by atomic mass is 10.3.